The molecule has 0 unspecified atom stereocenters. The van der Waals surface area contributed by atoms with E-state index in [9.17, 15) is 5.11 Å². The van der Waals surface area contributed by atoms with Gasteiger partial charge in [0, 0.05) is 0 Å². The first-order valence-corrected chi connectivity index (χ1v) is 1.50. The van der Waals surface area contributed by atoms with E-state index in [2.05, 4.69) is 0 Å². The van der Waals surface area contributed by atoms with E-state index in [1.165, 1.54) is 0 Å². The normalized spacial score (nSPS) is 3.75. The molecule has 3 N–H and O–H groups in total. The summed E-state index contributed by atoms with van der Waals surface area (Å²) < 4.78 is 0. The minimum atomic E-state index is 0. The molecule has 0 aliphatic heterocycles. The summed E-state index contributed by atoms with van der Waals surface area (Å²) in [5, 5.41) is 9.30. The summed E-state index contributed by atoms with van der Waals surface area (Å²) in [5.74, 6) is 0. The van der Waals surface area contributed by atoms with E-state index in [1.54, 1.807) is 0 Å². The van der Waals surface area contributed by atoms with Crippen molar-refractivity contribution in [3.63, 3.8) is 0 Å². The molecule has 0 aromatic carbocycles. The van der Waals surface area contributed by atoms with Crippen molar-refractivity contribution < 1.29 is 47.4 Å². The minimum absolute atomic E-state index is 0. The third-order valence-corrected chi connectivity index (χ3v) is 0.204. The van der Waals surface area contributed by atoms with E-state index in [0.29, 0.717) is 0 Å². The van der Waals surface area contributed by atoms with Crippen molar-refractivity contribution in [3.05, 3.63) is 0 Å². The van der Waals surface area contributed by atoms with E-state index in [1.807, 2.05) is 6.92 Å². The Balaban J connectivity index is -0.00000000750. The molecule has 0 aromatic heterocycles. The van der Waals surface area contributed by atoms with Gasteiger partial charge in [0.1, 0.15) is 0 Å². The van der Waals surface area contributed by atoms with Crippen molar-refractivity contribution in [2.45, 2.75) is 13.3 Å². The Labute approximate surface area is 67.6 Å². The molecule has 50 valence electrons. The molecular weight excluding hydrogens is 279 g/mol. The summed E-state index contributed by atoms with van der Waals surface area (Å²) in [6.45, 7) is 1.94. The second-order valence-electron chi connectivity index (χ2n) is 0.704. The van der Waals surface area contributed by atoms with Crippen LogP contribution in [0.3, 0.4) is 0 Å². The van der Waals surface area contributed by atoms with Crippen LogP contribution in [0.1, 0.15) is 13.3 Å². The number of rotatable bonds is 1. The van der Waals surface area contributed by atoms with Crippen LogP contribution in [0.25, 0.3) is 0 Å². The van der Waals surface area contributed by atoms with E-state index < -0.39 is 0 Å². The van der Waals surface area contributed by atoms with Crippen molar-refractivity contribution in [1.82, 2.24) is 0 Å². The van der Waals surface area contributed by atoms with Crippen molar-refractivity contribution in [2.24, 2.45) is 0 Å². The molecule has 0 fully saturated rings. The van der Waals surface area contributed by atoms with Crippen LogP contribution in [0.15, 0.2) is 0 Å². The largest absolute Gasteiger partial charge is 4.00 e. The molecule has 4 nitrogen and oxygen atoms in total. The van der Waals surface area contributed by atoms with Gasteiger partial charge in [-0.15, -0.1) is 6.61 Å². The zero-order valence-corrected chi connectivity index (χ0v) is 8.26. The van der Waals surface area contributed by atoms with Gasteiger partial charge in [-0.1, -0.05) is 13.3 Å². The average Bonchev–Trinajstić information content (AvgIpc) is 1.37. The van der Waals surface area contributed by atoms with E-state index in [4.69, 9.17) is 0 Å². The first kappa shape index (κ1) is 37.6. The summed E-state index contributed by atoms with van der Waals surface area (Å²) in [6.07, 6.45) is 0.764. The standard InChI is InChI=1S/C3H7O.Hf.3H2O/c1-2-3-4;;;;/h2-3H2,1H3;;3*1H2/q-1;+4;;;/p-3. The van der Waals surface area contributed by atoms with Crippen molar-refractivity contribution in [2.75, 3.05) is 6.61 Å². The Morgan fingerprint density at radius 2 is 1.25 bits per heavy atom. The fraction of sp³-hybridized carbons (Fsp3) is 1.00. The molecule has 0 heterocycles. The predicted molar refractivity (Wildman–Crippen MR) is 21.0 cm³/mol. The number of hydrogen-bond donors (Lipinski definition) is 0. The Bertz CT molecular complexity index is 13.2. The zero-order chi connectivity index (χ0) is 3.41. The molecule has 0 bridgehead atoms. The first-order chi connectivity index (χ1) is 1.91. The molecule has 0 spiro atoms. The summed E-state index contributed by atoms with van der Waals surface area (Å²) in [4.78, 5) is 0. The maximum Gasteiger partial charge on any atom is 4.00 e. The van der Waals surface area contributed by atoms with Gasteiger partial charge in [0.05, 0.1) is 0 Å². The van der Waals surface area contributed by atoms with Gasteiger partial charge in [-0.25, -0.2) is 0 Å². The van der Waals surface area contributed by atoms with Crippen LogP contribution in [0.2, 0.25) is 0 Å². The van der Waals surface area contributed by atoms with Gasteiger partial charge in [0.25, 0.3) is 0 Å². The van der Waals surface area contributed by atoms with Crippen LogP contribution in [0.5, 0.6) is 0 Å². The van der Waals surface area contributed by atoms with Crippen LogP contribution in [-0.2, 0) is 25.8 Å². The molecule has 0 aromatic rings. The maximum atomic E-state index is 9.30. The van der Waals surface area contributed by atoms with Gasteiger partial charge in [-0.2, -0.15) is 0 Å². The molecule has 0 amide bonds. The average molecular weight is 289 g/mol. The monoisotopic (exact) mass is 290 g/mol. The third-order valence-electron chi connectivity index (χ3n) is 0.204. The van der Waals surface area contributed by atoms with Gasteiger partial charge >= 0.3 is 25.8 Å². The second-order valence-corrected chi connectivity index (χ2v) is 0.704. The van der Waals surface area contributed by atoms with Crippen molar-refractivity contribution in [1.29, 1.82) is 0 Å². The minimum Gasteiger partial charge on any atom is -0.870 e. The smallest absolute Gasteiger partial charge is 0.870 e. The first-order valence-electron chi connectivity index (χ1n) is 1.50. The quantitative estimate of drug-likeness (QED) is 0.589. The molecule has 0 aliphatic carbocycles. The predicted octanol–water partition coefficient (Wildman–Crippen LogP) is -0.776. The molecule has 0 rings (SSSR count). The fourth-order valence-corrected chi connectivity index (χ4v) is 0. The van der Waals surface area contributed by atoms with Gasteiger partial charge < -0.3 is 21.5 Å². The van der Waals surface area contributed by atoms with Gasteiger partial charge in [-0.3, -0.25) is 0 Å². The number of hydrogen-bond acceptors (Lipinski definition) is 4. The Morgan fingerprint density at radius 1 is 1.12 bits per heavy atom. The SMILES string of the molecule is CCC[O-].[Hf+4].[OH-].[OH-].[OH-]. The van der Waals surface area contributed by atoms with Crippen LogP contribution in [-0.4, -0.2) is 23.0 Å². The molecule has 0 atom stereocenters. The van der Waals surface area contributed by atoms with Gasteiger partial charge in [0.2, 0.25) is 0 Å². The van der Waals surface area contributed by atoms with Gasteiger partial charge in [-0.05, 0) is 0 Å². The van der Waals surface area contributed by atoms with E-state index in [-0.39, 0.29) is 48.9 Å². The molecule has 0 radical (unpaired) electrons. The molecule has 0 saturated carbocycles. The molecule has 8 heavy (non-hydrogen) atoms. The van der Waals surface area contributed by atoms with Crippen LogP contribution < -0.4 is 5.11 Å². The van der Waals surface area contributed by atoms with Crippen LogP contribution >= 0.6 is 0 Å². The Kier molecular flexibility index (Phi) is 222. The Morgan fingerprint density at radius 3 is 1.25 bits per heavy atom. The third kappa shape index (κ3) is 74.8. The van der Waals surface area contributed by atoms with E-state index >= 15 is 0 Å². The Hall–Kier alpha value is 0.710. The van der Waals surface area contributed by atoms with Gasteiger partial charge in [0.15, 0.2) is 0 Å². The maximum absolute atomic E-state index is 9.30. The summed E-state index contributed by atoms with van der Waals surface area (Å²) in [7, 11) is 0. The summed E-state index contributed by atoms with van der Waals surface area (Å²) in [5.41, 5.74) is 0. The molecule has 0 saturated heterocycles. The zero-order valence-electron chi connectivity index (χ0n) is 4.66. The van der Waals surface area contributed by atoms with Crippen LogP contribution in [0.4, 0.5) is 0 Å². The molecule has 5 heteroatoms. The topological polar surface area (TPSA) is 113 Å². The van der Waals surface area contributed by atoms with Crippen molar-refractivity contribution >= 4 is 0 Å². The summed E-state index contributed by atoms with van der Waals surface area (Å²) in [6, 6.07) is 0. The molecular formula is C3H10HfO4. The molecule has 0 aliphatic rings. The van der Waals surface area contributed by atoms with Crippen LogP contribution in [0, 0.1) is 0 Å². The second kappa shape index (κ2) is 47.3. The fourth-order valence-electron chi connectivity index (χ4n) is 0. The van der Waals surface area contributed by atoms with E-state index in [0.717, 1.165) is 6.42 Å². The van der Waals surface area contributed by atoms with Crippen molar-refractivity contribution in [3.8, 4) is 0 Å². The summed E-state index contributed by atoms with van der Waals surface area (Å²) >= 11 is 0.